The predicted octanol–water partition coefficient (Wildman–Crippen LogP) is 4.61. The molecule has 2 aromatic rings. The van der Waals surface area contributed by atoms with Gasteiger partial charge in [0, 0.05) is 31.9 Å². The van der Waals surface area contributed by atoms with Gasteiger partial charge in [0.1, 0.15) is 5.02 Å². The molecular weight excluding hydrogens is 476 g/mol. The smallest absolute Gasteiger partial charge is 0.303 e. The molecule has 0 radical (unpaired) electrons. The SMILES string of the molecule is Cc1cccc(N2CCN(c3cnn(C45C[C@H]6C[C@@H](CC(CC(=O)O)(C6)C4)C5)c(=O)c3Cl)CC2)c1C. The Bertz CT molecular complexity index is 1250. The quantitative estimate of drug-likeness (QED) is 0.632. The molecule has 5 fully saturated rings. The van der Waals surface area contributed by atoms with Gasteiger partial charge in [-0.2, -0.15) is 5.10 Å². The van der Waals surface area contributed by atoms with Gasteiger partial charge in [-0.3, -0.25) is 9.59 Å². The van der Waals surface area contributed by atoms with E-state index in [1.165, 1.54) is 16.8 Å². The van der Waals surface area contributed by atoms with E-state index in [1.807, 2.05) is 0 Å². The number of anilines is 2. The normalized spacial score (nSPS) is 31.2. The summed E-state index contributed by atoms with van der Waals surface area (Å²) in [5, 5.41) is 14.6. The van der Waals surface area contributed by atoms with Crippen molar-refractivity contribution in [2.75, 3.05) is 36.0 Å². The first-order chi connectivity index (χ1) is 17.2. The molecule has 8 heteroatoms. The molecule has 7 nitrogen and oxygen atoms in total. The van der Waals surface area contributed by atoms with E-state index in [0.29, 0.717) is 17.5 Å². The van der Waals surface area contributed by atoms with Crippen LogP contribution in [0.15, 0.2) is 29.2 Å². The molecule has 1 aromatic carbocycles. The van der Waals surface area contributed by atoms with Crippen molar-refractivity contribution in [1.29, 1.82) is 0 Å². The lowest BCUT2D eigenvalue weighted by Gasteiger charge is -2.61. The summed E-state index contributed by atoms with van der Waals surface area (Å²) in [5.41, 5.74) is 3.74. The van der Waals surface area contributed by atoms with Crippen LogP contribution in [-0.4, -0.2) is 47.0 Å². The van der Waals surface area contributed by atoms with Crippen molar-refractivity contribution < 1.29 is 9.90 Å². The second-order valence-corrected chi connectivity index (χ2v) is 12.4. The Hall–Kier alpha value is -2.54. The van der Waals surface area contributed by atoms with Gasteiger partial charge in [0.25, 0.3) is 5.56 Å². The summed E-state index contributed by atoms with van der Waals surface area (Å²) in [5.74, 6) is 0.201. The third kappa shape index (κ3) is 3.82. The number of carboxylic acids is 1. The van der Waals surface area contributed by atoms with Crippen molar-refractivity contribution >= 4 is 28.9 Å². The molecule has 0 amide bonds. The molecule has 2 atom stereocenters. The summed E-state index contributed by atoms with van der Waals surface area (Å²) in [4.78, 5) is 29.9. The molecule has 36 heavy (non-hydrogen) atoms. The number of aromatic nitrogens is 2. The minimum Gasteiger partial charge on any atom is -0.481 e. The Morgan fingerprint density at radius 2 is 1.69 bits per heavy atom. The molecule has 7 rings (SSSR count). The average Bonchev–Trinajstić information content (AvgIpc) is 2.81. The van der Waals surface area contributed by atoms with E-state index in [9.17, 15) is 14.7 Å². The zero-order valence-corrected chi connectivity index (χ0v) is 21.9. The number of aliphatic carboxylic acids is 1. The molecule has 4 saturated carbocycles. The van der Waals surface area contributed by atoms with Gasteiger partial charge in [0.15, 0.2) is 0 Å². The second-order valence-electron chi connectivity index (χ2n) is 12.0. The molecule has 0 spiro atoms. The second kappa shape index (κ2) is 8.51. The van der Waals surface area contributed by atoms with Crippen LogP contribution < -0.4 is 15.4 Å². The van der Waals surface area contributed by atoms with E-state index in [2.05, 4.69) is 41.8 Å². The molecule has 4 aliphatic carbocycles. The third-order valence-corrected chi connectivity index (χ3v) is 9.92. The van der Waals surface area contributed by atoms with E-state index < -0.39 is 11.5 Å². The van der Waals surface area contributed by atoms with Crippen LogP contribution in [0.3, 0.4) is 0 Å². The number of benzene rings is 1. The first-order valence-corrected chi connectivity index (χ1v) is 13.6. The molecule has 0 unspecified atom stereocenters. The van der Waals surface area contributed by atoms with Crippen molar-refractivity contribution in [3.8, 4) is 0 Å². The van der Waals surface area contributed by atoms with Gasteiger partial charge in [-0.1, -0.05) is 23.7 Å². The lowest BCUT2D eigenvalue weighted by Crippen LogP contribution is -2.59. The Labute approximate surface area is 217 Å². The largest absolute Gasteiger partial charge is 0.481 e. The Morgan fingerprint density at radius 1 is 1.06 bits per heavy atom. The summed E-state index contributed by atoms with van der Waals surface area (Å²) in [6, 6.07) is 6.43. The predicted molar refractivity (Wildman–Crippen MR) is 141 cm³/mol. The lowest BCUT2D eigenvalue weighted by molar-refractivity contribution is -0.151. The average molecular weight is 511 g/mol. The zero-order valence-electron chi connectivity index (χ0n) is 21.2. The zero-order chi connectivity index (χ0) is 25.2. The maximum absolute atomic E-state index is 13.7. The fourth-order valence-corrected chi connectivity index (χ4v) is 8.67. The summed E-state index contributed by atoms with van der Waals surface area (Å²) in [6.07, 6.45) is 7.56. The number of piperazine rings is 1. The highest BCUT2D eigenvalue weighted by molar-refractivity contribution is 6.33. The van der Waals surface area contributed by atoms with Gasteiger partial charge >= 0.3 is 5.97 Å². The number of hydrogen-bond donors (Lipinski definition) is 1. The van der Waals surface area contributed by atoms with Crippen molar-refractivity contribution in [2.45, 2.75) is 64.3 Å². The van der Waals surface area contributed by atoms with Crippen LogP contribution in [0.5, 0.6) is 0 Å². The highest BCUT2D eigenvalue weighted by atomic mass is 35.5. The Balaban J connectivity index is 1.25. The van der Waals surface area contributed by atoms with Gasteiger partial charge in [-0.25, -0.2) is 4.68 Å². The summed E-state index contributed by atoms with van der Waals surface area (Å²) >= 11 is 6.77. The highest BCUT2D eigenvalue weighted by Crippen LogP contribution is 2.65. The van der Waals surface area contributed by atoms with Crippen LogP contribution in [-0.2, 0) is 10.3 Å². The van der Waals surface area contributed by atoms with Crippen molar-refractivity contribution in [2.24, 2.45) is 17.3 Å². The fraction of sp³-hybridized carbons (Fsp3) is 0.607. The third-order valence-electron chi connectivity index (χ3n) is 9.56. The van der Waals surface area contributed by atoms with Gasteiger partial charge < -0.3 is 14.9 Å². The number of rotatable bonds is 5. The summed E-state index contributed by atoms with van der Waals surface area (Å²) < 4.78 is 1.65. The standard InChI is InChI=1S/C28H35ClN4O3/c1-18-4-3-5-22(19(18)2)31-6-8-32(9-7-31)23-16-30-33(26(36)25(23)29)28-13-20-10-21(14-28)12-27(11-20,17-28)15-24(34)35/h3-5,16,20-21H,6-15,17H2,1-2H3,(H,34,35)/t20-,21-,27?,28?/m0/s1. The topological polar surface area (TPSA) is 78.7 Å². The van der Waals surface area contributed by atoms with Crippen LogP contribution in [0, 0.1) is 31.1 Å². The molecule has 5 aliphatic rings. The van der Waals surface area contributed by atoms with Crippen LogP contribution in [0.1, 0.15) is 56.1 Å². The minimum absolute atomic E-state index is 0.188. The number of hydrogen-bond acceptors (Lipinski definition) is 5. The maximum Gasteiger partial charge on any atom is 0.303 e. The molecule has 1 saturated heterocycles. The monoisotopic (exact) mass is 510 g/mol. The van der Waals surface area contributed by atoms with E-state index in [0.717, 1.165) is 64.7 Å². The molecule has 1 N–H and O–H groups in total. The van der Waals surface area contributed by atoms with E-state index in [4.69, 9.17) is 16.7 Å². The summed E-state index contributed by atoms with van der Waals surface area (Å²) in [6.45, 7) is 7.57. The van der Waals surface area contributed by atoms with Crippen LogP contribution in [0.25, 0.3) is 0 Å². The van der Waals surface area contributed by atoms with Crippen LogP contribution in [0.2, 0.25) is 5.02 Å². The first kappa shape index (κ1) is 23.8. The molecule has 1 aliphatic heterocycles. The Morgan fingerprint density at radius 3 is 2.33 bits per heavy atom. The molecule has 1 aromatic heterocycles. The fourth-order valence-electron chi connectivity index (χ4n) is 8.43. The van der Waals surface area contributed by atoms with Gasteiger partial charge in [0.05, 0.1) is 23.8 Å². The van der Waals surface area contributed by atoms with Gasteiger partial charge in [-0.05, 0) is 86.8 Å². The van der Waals surface area contributed by atoms with Crippen LogP contribution >= 0.6 is 11.6 Å². The van der Waals surface area contributed by atoms with Gasteiger partial charge in [0.2, 0.25) is 0 Å². The van der Waals surface area contributed by atoms with Gasteiger partial charge in [-0.15, -0.1) is 0 Å². The number of carbonyl (C=O) groups is 1. The van der Waals surface area contributed by atoms with Crippen molar-refractivity contribution in [3.05, 3.63) is 50.9 Å². The minimum atomic E-state index is -0.735. The number of carboxylic acid groups (broad SMARTS) is 1. The molecular formula is C28H35ClN4O3. The highest BCUT2D eigenvalue weighted by Gasteiger charge is 2.59. The number of nitrogens with zero attached hydrogens (tertiary/aromatic N) is 4. The molecule has 2 heterocycles. The molecule has 192 valence electrons. The van der Waals surface area contributed by atoms with E-state index in [-0.39, 0.29) is 22.4 Å². The molecule has 4 bridgehead atoms. The lowest BCUT2D eigenvalue weighted by atomic mass is 9.46. The van der Waals surface area contributed by atoms with Crippen molar-refractivity contribution in [1.82, 2.24) is 9.78 Å². The number of aryl methyl sites for hydroxylation is 1. The van der Waals surface area contributed by atoms with E-state index >= 15 is 0 Å². The first-order valence-electron chi connectivity index (χ1n) is 13.2. The summed E-state index contributed by atoms with van der Waals surface area (Å²) in [7, 11) is 0. The van der Waals surface area contributed by atoms with Crippen molar-refractivity contribution in [3.63, 3.8) is 0 Å². The number of halogens is 1. The van der Waals surface area contributed by atoms with Crippen LogP contribution in [0.4, 0.5) is 11.4 Å². The van der Waals surface area contributed by atoms with E-state index in [1.54, 1.807) is 10.9 Å². The Kier molecular flexibility index (Phi) is 5.63. The maximum atomic E-state index is 13.7.